The van der Waals surface area contributed by atoms with Crippen LogP contribution in [0.3, 0.4) is 0 Å². The van der Waals surface area contributed by atoms with E-state index in [2.05, 4.69) is 9.98 Å². The quantitative estimate of drug-likeness (QED) is 0.750. The summed E-state index contributed by atoms with van der Waals surface area (Å²) in [6, 6.07) is 17.5. The number of amides is 2. The third-order valence-corrected chi connectivity index (χ3v) is 4.58. The summed E-state index contributed by atoms with van der Waals surface area (Å²) in [5.74, 6) is -1.21. The first-order valence-corrected chi connectivity index (χ1v) is 8.13. The van der Waals surface area contributed by atoms with E-state index in [1.165, 1.54) is 7.05 Å². The van der Waals surface area contributed by atoms with Gasteiger partial charge in [-0.2, -0.15) is 0 Å². The lowest BCUT2D eigenvalue weighted by Crippen LogP contribution is -2.26. The predicted molar refractivity (Wildman–Crippen MR) is 96.4 cm³/mol. The Kier molecular flexibility index (Phi) is 3.69. The molecule has 0 radical (unpaired) electrons. The molecule has 1 aliphatic rings. The molecule has 124 valence electrons. The molecular formula is C20H17N3O2. The summed E-state index contributed by atoms with van der Waals surface area (Å²) < 4.78 is 0. The topological polar surface area (TPSA) is 65.5 Å². The number of aromatic amines is 1. The summed E-state index contributed by atoms with van der Waals surface area (Å²) in [6.07, 6.45) is 1.80. The molecule has 1 unspecified atom stereocenters. The molecule has 1 saturated heterocycles. The SMILES string of the molecule is CN1C(=O)C(=NCc2ccccc2)C(c2c[nH]c3ccccc23)C1=O. The van der Waals surface area contributed by atoms with E-state index in [1.54, 1.807) is 6.20 Å². The Hall–Kier alpha value is -3.21. The second kappa shape index (κ2) is 6.02. The molecule has 3 aromatic rings. The second-order valence-electron chi connectivity index (χ2n) is 6.11. The number of para-hydroxylation sites is 1. The number of likely N-dealkylation sites (N-methyl/N-ethyl adjacent to an activating group) is 1. The minimum atomic E-state index is -0.655. The number of carbonyl (C=O) groups is 2. The first-order valence-electron chi connectivity index (χ1n) is 8.13. The molecule has 2 heterocycles. The molecular weight excluding hydrogens is 314 g/mol. The molecule has 2 amide bonds. The van der Waals surface area contributed by atoms with Crippen LogP contribution in [-0.2, 0) is 16.1 Å². The molecule has 0 spiro atoms. The average molecular weight is 331 g/mol. The van der Waals surface area contributed by atoms with Gasteiger partial charge in [0, 0.05) is 24.1 Å². The number of aliphatic imine (C=N–C) groups is 1. The molecule has 0 bridgehead atoms. The molecule has 5 nitrogen and oxygen atoms in total. The number of fused-ring (bicyclic) bond motifs is 1. The molecule has 5 heteroatoms. The highest BCUT2D eigenvalue weighted by Crippen LogP contribution is 2.32. The van der Waals surface area contributed by atoms with Gasteiger partial charge in [0.15, 0.2) is 0 Å². The van der Waals surface area contributed by atoms with E-state index in [0.29, 0.717) is 12.3 Å². The first-order chi connectivity index (χ1) is 12.2. The normalized spacial score (nSPS) is 19.3. The first kappa shape index (κ1) is 15.3. The zero-order chi connectivity index (χ0) is 17.4. The van der Waals surface area contributed by atoms with Crippen molar-refractivity contribution in [2.45, 2.75) is 12.5 Å². The van der Waals surface area contributed by atoms with E-state index < -0.39 is 5.92 Å². The second-order valence-corrected chi connectivity index (χ2v) is 6.11. The molecule has 2 aromatic carbocycles. The van der Waals surface area contributed by atoms with E-state index in [4.69, 9.17) is 0 Å². The summed E-state index contributed by atoms with van der Waals surface area (Å²) in [5.41, 5.74) is 3.04. The molecule has 1 aromatic heterocycles. The van der Waals surface area contributed by atoms with Crippen LogP contribution >= 0.6 is 0 Å². The van der Waals surface area contributed by atoms with Gasteiger partial charge in [0.25, 0.3) is 5.91 Å². The number of nitrogens with zero attached hydrogens (tertiary/aromatic N) is 2. The summed E-state index contributed by atoms with van der Waals surface area (Å²) in [5, 5.41) is 0.941. The highest BCUT2D eigenvalue weighted by atomic mass is 16.2. The monoisotopic (exact) mass is 331 g/mol. The number of benzene rings is 2. The maximum Gasteiger partial charge on any atom is 0.275 e. The zero-order valence-electron chi connectivity index (χ0n) is 13.8. The van der Waals surface area contributed by atoms with Crippen molar-refractivity contribution in [3.63, 3.8) is 0 Å². The van der Waals surface area contributed by atoms with Gasteiger partial charge in [-0.15, -0.1) is 0 Å². The maximum atomic E-state index is 12.7. The fourth-order valence-electron chi connectivity index (χ4n) is 3.24. The summed E-state index contributed by atoms with van der Waals surface area (Å²) >= 11 is 0. The zero-order valence-corrected chi connectivity index (χ0v) is 13.8. The minimum Gasteiger partial charge on any atom is -0.361 e. The largest absolute Gasteiger partial charge is 0.361 e. The van der Waals surface area contributed by atoms with Crippen LogP contribution < -0.4 is 0 Å². The van der Waals surface area contributed by atoms with Crippen molar-refractivity contribution < 1.29 is 9.59 Å². The van der Waals surface area contributed by atoms with Crippen molar-refractivity contribution in [2.75, 3.05) is 7.05 Å². The van der Waals surface area contributed by atoms with Crippen LogP contribution in [0.4, 0.5) is 0 Å². The molecule has 1 N–H and O–H groups in total. The number of likely N-dealkylation sites (tertiary alicyclic amines) is 1. The van der Waals surface area contributed by atoms with Crippen LogP contribution in [0.1, 0.15) is 17.0 Å². The van der Waals surface area contributed by atoms with Crippen LogP contribution in [0, 0.1) is 0 Å². The molecule has 4 rings (SSSR count). The van der Waals surface area contributed by atoms with Crippen molar-refractivity contribution in [3.05, 3.63) is 71.9 Å². The third-order valence-electron chi connectivity index (χ3n) is 4.58. The van der Waals surface area contributed by atoms with Gasteiger partial charge in [-0.05, 0) is 17.2 Å². The smallest absolute Gasteiger partial charge is 0.275 e. The van der Waals surface area contributed by atoms with Crippen LogP contribution in [-0.4, -0.2) is 34.5 Å². The Morgan fingerprint density at radius 2 is 1.76 bits per heavy atom. The van der Waals surface area contributed by atoms with Crippen molar-refractivity contribution >= 4 is 28.4 Å². The van der Waals surface area contributed by atoms with E-state index in [0.717, 1.165) is 26.9 Å². The number of hydrogen-bond acceptors (Lipinski definition) is 3. The molecule has 25 heavy (non-hydrogen) atoms. The Labute approximate surface area is 145 Å². The number of nitrogens with one attached hydrogen (secondary N) is 1. The number of imide groups is 1. The summed E-state index contributed by atoms with van der Waals surface area (Å²) in [7, 11) is 1.51. The lowest BCUT2D eigenvalue weighted by molar-refractivity contribution is -0.136. The number of H-pyrrole nitrogens is 1. The van der Waals surface area contributed by atoms with Crippen molar-refractivity contribution in [2.24, 2.45) is 4.99 Å². The molecule has 1 fully saturated rings. The Balaban J connectivity index is 1.78. The highest BCUT2D eigenvalue weighted by molar-refractivity contribution is 6.52. The van der Waals surface area contributed by atoms with Gasteiger partial charge >= 0.3 is 0 Å². The van der Waals surface area contributed by atoms with Gasteiger partial charge in [-0.25, -0.2) is 0 Å². The van der Waals surface area contributed by atoms with E-state index in [9.17, 15) is 9.59 Å². The van der Waals surface area contributed by atoms with Crippen LogP contribution in [0.25, 0.3) is 10.9 Å². The van der Waals surface area contributed by atoms with Gasteiger partial charge < -0.3 is 4.98 Å². The lowest BCUT2D eigenvalue weighted by Gasteiger charge is -2.08. The fourth-order valence-corrected chi connectivity index (χ4v) is 3.24. The maximum absolute atomic E-state index is 12.7. The number of rotatable bonds is 3. The van der Waals surface area contributed by atoms with E-state index in [1.807, 2.05) is 54.6 Å². The van der Waals surface area contributed by atoms with Crippen LogP contribution in [0.2, 0.25) is 0 Å². The summed E-state index contributed by atoms with van der Waals surface area (Å²) in [6.45, 7) is 0.377. The van der Waals surface area contributed by atoms with Gasteiger partial charge in [0.2, 0.25) is 5.91 Å². The fraction of sp³-hybridized carbons (Fsp3) is 0.150. The van der Waals surface area contributed by atoms with Crippen LogP contribution in [0.15, 0.2) is 65.8 Å². The van der Waals surface area contributed by atoms with Gasteiger partial charge in [0.05, 0.1) is 6.54 Å². The van der Waals surface area contributed by atoms with Gasteiger partial charge in [-0.1, -0.05) is 48.5 Å². The van der Waals surface area contributed by atoms with Crippen molar-refractivity contribution in [1.82, 2.24) is 9.88 Å². The van der Waals surface area contributed by atoms with Gasteiger partial charge in [-0.3, -0.25) is 19.5 Å². The third kappa shape index (κ3) is 2.54. The van der Waals surface area contributed by atoms with E-state index in [-0.39, 0.29) is 11.8 Å². The number of aromatic nitrogens is 1. The molecule has 0 saturated carbocycles. The Bertz CT molecular complexity index is 988. The van der Waals surface area contributed by atoms with Gasteiger partial charge in [0.1, 0.15) is 11.6 Å². The molecule has 1 atom stereocenters. The number of hydrogen-bond donors (Lipinski definition) is 1. The number of carbonyl (C=O) groups excluding carboxylic acids is 2. The lowest BCUT2D eigenvalue weighted by atomic mass is 9.95. The summed E-state index contributed by atoms with van der Waals surface area (Å²) in [4.78, 5) is 34.1. The Morgan fingerprint density at radius 1 is 1.04 bits per heavy atom. The standard InChI is InChI=1S/C20H17N3O2/c1-23-19(24)17(15-12-21-16-10-6-5-9-14(15)16)18(20(23)25)22-11-13-7-3-2-4-8-13/h2-10,12,17,21H,11H2,1H3. The average Bonchev–Trinajstić information content (AvgIpc) is 3.16. The van der Waals surface area contributed by atoms with E-state index >= 15 is 0 Å². The molecule has 1 aliphatic heterocycles. The highest BCUT2D eigenvalue weighted by Gasteiger charge is 2.44. The van der Waals surface area contributed by atoms with Crippen LogP contribution in [0.5, 0.6) is 0 Å². The minimum absolute atomic E-state index is 0.235. The molecule has 0 aliphatic carbocycles. The predicted octanol–water partition coefficient (Wildman–Crippen LogP) is 2.89. The van der Waals surface area contributed by atoms with Crippen molar-refractivity contribution in [3.8, 4) is 0 Å². The van der Waals surface area contributed by atoms with Crippen molar-refractivity contribution in [1.29, 1.82) is 0 Å². The Morgan fingerprint density at radius 3 is 2.56 bits per heavy atom.